The molecule has 2 aromatic rings. The number of hydrogen-bond acceptors (Lipinski definition) is 4. The van der Waals surface area contributed by atoms with E-state index in [1.807, 2.05) is 0 Å². The average molecular weight is 398 g/mol. The highest BCUT2D eigenvalue weighted by Crippen LogP contribution is 2.52. The van der Waals surface area contributed by atoms with E-state index < -0.39 is 0 Å². The van der Waals surface area contributed by atoms with Gasteiger partial charge in [0.1, 0.15) is 13.2 Å². The molecule has 1 aromatic heterocycles. The van der Waals surface area contributed by atoms with Crippen molar-refractivity contribution in [1.29, 1.82) is 0 Å². The van der Waals surface area contributed by atoms with Crippen LogP contribution in [0.2, 0.25) is 0 Å². The van der Waals surface area contributed by atoms with Gasteiger partial charge in [-0.2, -0.15) is 11.3 Å². The third kappa shape index (κ3) is 3.00. The molecule has 0 radical (unpaired) electrons. The Hall–Kier alpha value is -2.01. The van der Waals surface area contributed by atoms with E-state index in [0.29, 0.717) is 19.6 Å². The van der Waals surface area contributed by atoms with Crippen LogP contribution in [0.3, 0.4) is 0 Å². The molecule has 5 heteroatoms. The maximum atomic E-state index is 13.2. The quantitative estimate of drug-likeness (QED) is 0.742. The Balaban J connectivity index is 1.47. The van der Waals surface area contributed by atoms with Crippen molar-refractivity contribution in [2.45, 2.75) is 56.9 Å². The van der Waals surface area contributed by atoms with Gasteiger partial charge in [-0.05, 0) is 71.8 Å². The summed E-state index contributed by atoms with van der Waals surface area (Å²) in [7, 11) is 0. The van der Waals surface area contributed by atoms with Crippen molar-refractivity contribution in [3.05, 3.63) is 45.6 Å². The molecule has 1 aromatic carbocycles. The molecular formula is C23H27NO3S. The molecule has 0 N–H and O–H groups in total. The number of thiophene rings is 1. The van der Waals surface area contributed by atoms with E-state index in [4.69, 9.17) is 9.47 Å². The zero-order valence-electron chi connectivity index (χ0n) is 16.4. The first-order valence-electron chi connectivity index (χ1n) is 10.4. The van der Waals surface area contributed by atoms with Crippen molar-refractivity contribution in [3.8, 4) is 11.5 Å². The molecule has 5 rings (SSSR count). The molecule has 0 saturated heterocycles. The van der Waals surface area contributed by atoms with E-state index >= 15 is 0 Å². The average Bonchev–Trinajstić information content (AvgIpc) is 3.41. The van der Waals surface area contributed by atoms with Crippen LogP contribution < -0.4 is 9.47 Å². The molecule has 3 aliphatic rings. The molecular weight excluding hydrogens is 370 g/mol. The Morgan fingerprint density at radius 1 is 1.21 bits per heavy atom. The van der Waals surface area contributed by atoms with Crippen LogP contribution in [0.5, 0.6) is 11.5 Å². The SMILES string of the molecule is CC1c2cc3c(cc2C2(CCCC2)CN1C(=O)CCc1ccsc1)OCCO3. The summed E-state index contributed by atoms with van der Waals surface area (Å²) in [4.78, 5) is 15.4. The lowest BCUT2D eigenvalue weighted by molar-refractivity contribution is -0.135. The van der Waals surface area contributed by atoms with E-state index in [1.165, 1.54) is 29.5 Å². The van der Waals surface area contributed by atoms with E-state index in [-0.39, 0.29) is 17.4 Å². The second kappa shape index (κ2) is 7.11. The predicted molar refractivity (Wildman–Crippen MR) is 110 cm³/mol. The van der Waals surface area contributed by atoms with E-state index in [9.17, 15) is 4.79 Å². The summed E-state index contributed by atoms with van der Waals surface area (Å²) in [5.41, 5.74) is 3.99. The lowest BCUT2D eigenvalue weighted by Crippen LogP contribution is -2.48. The van der Waals surface area contributed by atoms with Gasteiger partial charge < -0.3 is 14.4 Å². The van der Waals surface area contributed by atoms with Crippen LogP contribution in [0, 0.1) is 0 Å². The zero-order valence-corrected chi connectivity index (χ0v) is 17.2. The number of nitrogens with zero attached hydrogens (tertiary/aromatic N) is 1. The summed E-state index contributed by atoms with van der Waals surface area (Å²) in [5, 5.41) is 4.22. The van der Waals surface area contributed by atoms with Crippen molar-refractivity contribution >= 4 is 17.2 Å². The number of ether oxygens (including phenoxy) is 2. The number of rotatable bonds is 3. The van der Waals surface area contributed by atoms with Crippen LogP contribution in [0.4, 0.5) is 0 Å². The van der Waals surface area contributed by atoms with Crippen molar-refractivity contribution in [3.63, 3.8) is 0 Å². The molecule has 0 bridgehead atoms. The molecule has 1 atom stereocenters. The summed E-state index contributed by atoms with van der Waals surface area (Å²) in [6.07, 6.45) is 6.18. The largest absolute Gasteiger partial charge is 0.486 e. The van der Waals surface area contributed by atoms with Crippen LogP contribution in [-0.4, -0.2) is 30.6 Å². The number of aryl methyl sites for hydroxylation is 1. The van der Waals surface area contributed by atoms with Gasteiger partial charge in [0.15, 0.2) is 11.5 Å². The Morgan fingerprint density at radius 2 is 1.96 bits per heavy atom. The first-order valence-corrected chi connectivity index (χ1v) is 11.4. The fraction of sp³-hybridized carbons (Fsp3) is 0.522. The number of fused-ring (bicyclic) bond motifs is 3. The smallest absolute Gasteiger partial charge is 0.223 e. The van der Waals surface area contributed by atoms with Gasteiger partial charge in [0.05, 0.1) is 6.04 Å². The molecule has 1 unspecified atom stereocenters. The first kappa shape index (κ1) is 18.0. The summed E-state index contributed by atoms with van der Waals surface area (Å²) in [5.74, 6) is 1.98. The molecule has 2 aliphatic heterocycles. The van der Waals surface area contributed by atoms with Gasteiger partial charge in [0.25, 0.3) is 0 Å². The van der Waals surface area contributed by atoms with Gasteiger partial charge in [-0.25, -0.2) is 0 Å². The van der Waals surface area contributed by atoms with Crippen molar-refractivity contribution < 1.29 is 14.3 Å². The third-order valence-corrected chi connectivity index (χ3v) is 7.50. The van der Waals surface area contributed by atoms with E-state index in [1.54, 1.807) is 11.3 Å². The summed E-state index contributed by atoms with van der Waals surface area (Å²) >= 11 is 1.70. The Bertz CT molecular complexity index is 870. The number of benzene rings is 1. The second-order valence-corrected chi connectivity index (χ2v) is 9.18. The highest BCUT2D eigenvalue weighted by atomic mass is 32.1. The van der Waals surface area contributed by atoms with E-state index in [0.717, 1.165) is 37.3 Å². The van der Waals surface area contributed by atoms with Crippen LogP contribution in [0.15, 0.2) is 29.0 Å². The maximum Gasteiger partial charge on any atom is 0.223 e. The summed E-state index contributed by atoms with van der Waals surface area (Å²) < 4.78 is 11.7. The third-order valence-electron chi connectivity index (χ3n) is 6.76. The molecule has 1 aliphatic carbocycles. The fourth-order valence-corrected chi connectivity index (χ4v) is 5.94. The molecule has 1 spiro atoms. The van der Waals surface area contributed by atoms with Crippen molar-refractivity contribution in [2.24, 2.45) is 0 Å². The molecule has 28 heavy (non-hydrogen) atoms. The molecule has 1 amide bonds. The topological polar surface area (TPSA) is 38.8 Å². The predicted octanol–water partition coefficient (Wildman–Crippen LogP) is 4.87. The molecule has 148 valence electrons. The van der Waals surface area contributed by atoms with Gasteiger partial charge >= 0.3 is 0 Å². The van der Waals surface area contributed by atoms with Gasteiger partial charge in [-0.1, -0.05) is 12.8 Å². The monoisotopic (exact) mass is 397 g/mol. The normalized spacial score (nSPS) is 22.3. The second-order valence-electron chi connectivity index (χ2n) is 8.40. The number of carbonyl (C=O) groups is 1. The molecule has 3 heterocycles. The Kier molecular flexibility index (Phi) is 4.58. The minimum Gasteiger partial charge on any atom is -0.486 e. The summed E-state index contributed by atoms with van der Waals surface area (Å²) in [6.45, 7) is 4.21. The number of amides is 1. The van der Waals surface area contributed by atoms with Crippen LogP contribution >= 0.6 is 11.3 Å². The summed E-state index contributed by atoms with van der Waals surface area (Å²) in [6, 6.07) is 6.56. The molecule has 1 fully saturated rings. The lowest BCUT2D eigenvalue weighted by Gasteiger charge is -2.46. The number of carbonyl (C=O) groups excluding carboxylic acids is 1. The van der Waals surface area contributed by atoms with Crippen LogP contribution in [0.25, 0.3) is 0 Å². The highest BCUT2D eigenvalue weighted by Gasteiger charge is 2.46. The zero-order chi connectivity index (χ0) is 19.1. The standard InChI is InChI=1S/C23H27NO3S/c1-16-18-12-20-21(27-10-9-26-20)13-19(18)23(7-2-3-8-23)15-24(16)22(25)5-4-17-6-11-28-14-17/h6,11-14,16H,2-5,7-10,15H2,1H3. The minimum absolute atomic E-state index is 0.0760. The van der Waals surface area contributed by atoms with Gasteiger partial charge in [0, 0.05) is 18.4 Å². The van der Waals surface area contributed by atoms with E-state index in [2.05, 4.69) is 40.8 Å². The number of hydrogen-bond donors (Lipinski definition) is 0. The molecule has 1 saturated carbocycles. The Morgan fingerprint density at radius 3 is 2.68 bits per heavy atom. The van der Waals surface area contributed by atoms with Gasteiger partial charge in [-0.15, -0.1) is 0 Å². The van der Waals surface area contributed by atoms with Gasteiger partial charge in [-0.3, -0.25) is 4.79 Å². The van der Waals surface area contributed by atoms with Crippen LogP contribution in [0.1, 0.15) is 61.8 Å². The highest BCUT2D eigenvalue weighted by molar-refractivity contribution is 7.07. The first-order chi connectivity index (χ1) is 13.7. The van der Waals surface area contributed by atoms with Crippen LogP contribution in [-0.2, 0) is 16.6 Å². The lowest BCUT2D eigenvalue weighted by atomic mass is 9.71. The minimum atomic E-state index is 0.0760. The molecule has 4 nitrogen and oxygen atoms in total. The van der Waals surface area contributed by atoms with Crippen molar-refractivity contribution in [1.82, 2.24) is 4.90 Å². The van der Waals surface area contributed by atoms with Gasteiger partial charge in [0.2, 0.25) is 5.91 Å². The maximum absolute atomic E-state index is 13.2. The van der Waals surface area contributed by atoms with Crippen molar-refractivity contribution in [2.75, 3.05) is 19.8 Å². The Labute approximate surface area is 170 Å². The fourth-order valence-electron chi connectivity index (χ4n) is 5.24.